The molecule has 2 N–H and O–H groups in total. The topological polar surface area (TPSA) is 79.8 Å². The number of nitrogens with one attached hydrogen (secondary N) is 2. The first-order chi connectivity index (χ1) is 8.49. The molecule has 6 nitrogen and oxygen atoms in total. The van der Waals surface area contributed by atoms with Gasteiger partial charge in [0, 0.05) is 39.6 Å². The number of guanidine groups is 1. The van der Waals surface area contributed by atoms with E-state index in [2.05, 4.69) is 15.6 Å². The lowest BCUT2D eigenvalue weighted by Gasteiger charge is -2.11. The van der Waals surface area contributed by atoms with Crippen molar-refractivity contribution < 1.29 is 13.2 Å². The van der Waals surface area contributed by atoms with E-state index in [0.717, 1.165) is 32.6 Å². The Morgan fingerprint density at radius 1 is 1.21 bits per heavy atom. The van der Waals surface area contributed by atoms with Crippen LogP contribution in [0.15, 0.2) is 4.99 Å². The lowest BCUT2D eigenvalue weighted by molar-refractivity contribution is 0.143. The number of unbranched alkanes of at least 4 members (excludes halogenated alkanes) is 1. The number of sulfone groups is 1. The molecule has 0 heterocycles. The standard InChI is InChI=1S/C11H25N3O3S.HI/c1-4-17-9-6-5-7-13-11(12-2)14-8-10-18(3,15)16;/h4-10H2,1-3H3,(H2,12,13,14);1H. The van der Waals surface area contributed by atoms with Crippen LogP contribution in [0, 0.1) is 0 Å². The second-order valence-electron chi connectivity index (χ2n) is 3.96. The van der Waals surface area contributed by atoms with Gasteiger partial charge in [-0.1, -0.05) is 0 Å². The first kappa shape index (κ1) is 21.2. The highest BCUT2D eigenvalue weighted by Crippen LogP contribution is 1.88. The van der Waals surface area contributed by atoms with Crippen molar-refractivity contribution in [3.63, 3.8) is 0 Å². The van der Waals surface area contributed by atoms with Crippen LogP contribution >= 0.6 is 24.0 Å². The van der Waals surface area contributed by atoms with Crippen molar-refractivity contribution in [1.29, 1.82) is 0 Å². The largest absolute Gasteiger partial charge is 0.382 e. The summed E-state index contributed by atoms with van der Waals surface area (Å²) in [6.45, 7) is 4.68. The van der Waals surface area contributed by atoms with Crippen molar-refractivity contribution >= 4 is 39.8 Å². The summed E-state index contributed by atoms with van der Waals surface area (Å²) in [5, 5.41) is 6.08. The molecule has 19 heavy (non-hydrogen) atoms. The molecule has 0 aliphatic rings. The molecule has 0 unspecified atom stereocenters. The van der Waals surface area contributed by atoms with Gasteiger partial charge in [-0.3, -0.25) is 4.99 Å². The summed E-state index contributed by atoms with van der Waals surface area (Å²) in [5.74, 6) is 0.743. The van der Waals surface area contributed by atoms with E-state index in [9.17, 15) is 8.42 Å². The van der Waals surface area contributed by atoms with Crippen LogP contribution in [0.4, 0.5) is 0 Å². The highest BCUT2D eigenvalue weighted by atomic mass is 127. The third kappa shape index (κ3) is 15.9. The summed E-state index contributed by atoms with van der Waals surface area (Å²) < 4.78 is 27.1. The van der Waals surface area contributed by atoms with Crippen molar-refractivity contribution in [3.05, 3.63) is 0 Å². The van der Waals surface area contributed by atoms with Gasteiger partial charge in [0.05, 0.1) is 5.75 Å². The molecular weight excluding hydrogens is 381 g/mol. The molecule has 0 aromatic rings. The molecule has 116 valence electrons. The molecule has 0 rings (SSSR count). The predicted octanol–water partition coefficient (Wildman–Crippen LogP) is 0.631. The summed E-state index contributed by atoms with van der Waals surface area (Å²) in [4.78, 5) is 4.01. The van der Waals surface area contributed by atoms with Gasteiger partial charge in [0.15, 0.2) is 5.96 Å². The van der Waals surface area contributed by atoms with Crippen molar-refractivity contribution in [2.75, 3.05) is 45.4 Å². The van der Waals surface area contributed by atoms with Crippen LogP contribution in [0.2, 0.25) is 0 Å². The van der Waals surface area contributed by atoms with E-state index in [4.69, 9.17) is 4.74 Å². The Labute approximate surface area is 133 Å². The molecule has 8 heteroatoms. The van der Waals surface area contributed by atoms with Crippen molar-refractivity contribution in [2.45, 2.75) is 19.8 Å². The highest BCUT2D eigenvalue weighted by Gasteiger charge is 2.02. The van der Waals surface area contributed by atoms with Gasteiger partial charge in [0.2, 0.25) is 0 Å². The van der Waals surface area contributed by atoms with Crippen molar-refractivity contribution in [2.24, 2.45) is 4.99 Å². The maximum Gasteiger partial charge on any atom is 0.191 e. The average molecular weight is 407 g/mol. The quantitative estimate of drug-likeness (QED) is 0.254. The molecule has 0 aromatic carbocycles. The first-order valence-corrected chi connectivity index (χ1v) is 8.25. The Morgan fingerprint density at radius 2 is 1.84 bits per heavy atom. The van der Waals surface area contributed by atoms with Crippen LogP contribution in [0.25, 0.3) is 0 Å². The predicted molar refractivity (Wildman–Crippen MR) is 90.2 cm³/mol. The van der Waals surface area contributed by atoms with E-state index < -0.39 is 9.84 Å². The molecule has 0 bridgehead atoms. The number of aliphatic imine (C=N–C) groups is 1. The van der Waals surface area contributed by atoms with E-state index in [-0.39, 0.29) is 29.7 Å². The Balaban J connectivity index is 0. The van der Waals surface area contributed by atoms with Gasteiger partial charge < -0.3 is 15.4 Å². The molecular formula is C11H26IN3O3S. The number of rotatable bonds is 9. The Morgan fingerprint density at radius 3 is 2.37 bits per heavy atom. The number of nitrogens with zero attached hydrogens (tertiary/aromatic N) is 1. The van der Waals surface area contributed by atoms with Crippen LogP contribution in [0.3, 0.4) is 0 Å². The minimum Gasteiger partial charge on any atom is -0.382 e. The average Bonchev–Trinajstić information content (AvgIpc) is 2.29. The monoisotopic (exact) mass is 407 g/mol. The van der Waals surface area contributed by atoms with E-state index in [1.165, 1.54) is 6.26 Å². The lowest BCUT2D eigenvalue weighted by atomic mass is 10.3. The molecule has 0 atom stereocenters. The Hall–Kier alpha value is -0.0900. The van der Waals surface area contributed by atoms with Crippen LogP contribution < -0.4 is 10.6 Å². The second kappa shape index (κ2) is 12.9. The zero-order chi connectivity index (χ0) is 13.9. The normalized spacial score (nSPS) is 11.8. The van der Waals surface area contributed by atoms with E-state index in [1.54, 1.807) is 7.05 Å². The van der Waals surface area contributed by atoms with Crippen LogP contribution in [-0.2, 0) is 14.6 Å². The van der Waals surface area contributed by atoms with Gasteiger partial charge in [-0.15, -0.1) is 24.0 Å². The van der Waals surface area contributed by atoms with E-state index in [0.29, 0.717) is 12.5 Å². The molecule has 0 aromatic heterocycles. The Bertz CT molecular complexity index is 334. The van der Waals surface area contributed by atoms with Gasteiger partial charge in [0.25, 0.3) is 0 Å². The molecule has 0 saturated heterocycles. The third-order valence-corrected chi connectivity index (χ3v) is 3.15. The summed E-state index contributed by atoms with van der Waals surface area (Å²) in [7, 11) is -1.26. The first-order valence-electron chi connectivity index (χ1n) is 6.19. The Kier molecular flexibility index (Phi) is 14.4. The molecule has 0 amide bonds. The number of halogens is 1. The maximum atomic E-state index is 10.9. The number of hydrogen-bond acceptors (Lipinski definition) is 4. The van der Waals surface area contributed by atoms with Crippen LogP contribution in [0.5, 0.6) is 0 Å². The smallest absolute Gasteiger partial charge is 0.191 e. The lowest BCUT2D eigenvalue weighted by Crippen LogP contribution is -2.39. The van der Waals surface area contributed by atoms with Gasteiger partial charge >= 0.3 is 0 Å². The zero-order valence-corrected chi connectivity index (χ0v) is 15.1. The summed E-state index contributed by atoms with van der Waals surface area (Å²) in [5.41, 5.74) is 0. The number of ether oxygens (including phenoxy) is 1. The van der Waals surface area contributed by atoms with Crippen molar-refractivity contribution in [3.8, 4) is 0 Å². The second-order valence-corrected chi connectivity index (χ2v) is 6.22. The molecule has 0 radical (unpaired) electrons. The SMILES string of the molecule is CCOCCCCNC(=NC)NCCS(C)(=O)=O.I. The van der Waals surface area contributed by atoms with Gasteiger partial charge in [-0.25, -0.2) is 8.42 Å². The third-order valence-electron chi connectivity index (χ3n) is 2.20. The van der Waals surface area contributed by atoms with Gasteiger partial charge in [-0.2, -0.15) is 0 Å². The minimum atomic E-state index is -2.93. The van der Waals surface area contributed by atoms with Crippen LogP contribution in [-0.4, -0.2) is 59.7 Å². The summed E-state index contributed by atoms with van der Waals surface area (Å²) >= 11 is 0. The summed E-state index contributed by atoms with van der Waals surface area (Å²) in [6, 6.07) is 0. The zero-order valence-electron chi connectivity index (χ0n) is 11.9. The molecule has 0 aliphatic heterocycles. The summed E-state index contributed by atoms with van der Waals surface area (Å²) in [6.07, 6.45) is 3.21. The highest BCUT2D eigenvalue weighted by molar-refractivity contribution is 14.0. The fourth-order valence-electron chi connectivity index (χ4n) is 1.26. The van der Waals surface area contributed by atoms with Crippen LogP contribution in [0.1, 0.15) is 19.8 Å². The molecule has 0 aliphatic carbocycles. The molecule has 0 spiro atoms. The maximum absolute atomic E-state index is 10.9. The number of hydrogen-bond donors (Lipinski definition) is 2. The van der Waals surface area contributed by atoms with Gasteiger partial charge in [0.1, 0.15) is 9.84 Å². The van der Waals surface area contributed by atoms with E-state index >= 15 is 0 Å². The fraction of sp³-hybridized carbons (Fsp3) is 0.909. The minimum absolute atomic E-state index is 0. The fourth-order valence-corrected chi connectivity index (χ4v) is 1.73. The van der Waals surface area contributed by atoms with Crippen molar-refractivity contribution in [1.82, 2.24) is 10.6 Å². The molecule has 0 fully saturated rings. The van der Waals surface area contributed by atoms with Gasteiger partial charge in [-0.05, 0) is 19.8 Å². The van der Waals surface area contributed by atoms with E-state index in [1.807, 2.05) is 6.92 Å². The molecule has 0 saturated carbocycles.